The third kappa shape index (κ3) is 4.23. The maximum Gasteiger partial charge on any atom is 0.319 e. The molecule has 20 heavy (non-hydrogen) atoms. The summed E-state index contributed by atoms with van der Waals surface area (Å²) >= 11 is 7.25. The Morgan fingerprint density at radius 3 is 2.55 bits per heavy atom. The maximum absolute atomic E-state index is 11.7. The average Bonchev–Trinajstić information content (AvgIpc) is 2.83. The molecule has 0 saturated heterocycles. The summed E-state index contributed by atoms with van der Waals surface area (Å²) in [5.74, 6) is 0. The van der Waals surface area contributed by atoms with Crippen molar-refractivity contribution in [1.29, 1.82) is 0 Å². The standard InChI is InChI=1S/C14H15ClN2O2S/c1-9(18)10-2-4-11(5-3-10)17-14(19)16-8-12-6-7-13(15)20-12/h2-7,9,18H,8H2,1H3,(H2,16,17,19). The summed E-state index contributed by atoms with van der Waals surface area (Å²) in [4.78, 5) is 12.7. The number of aliphatic hydroxyl groups excluding tert-OH is 1. The van der Waals surface area contributed by atoms with Crippen LogP contribution in [0.3, 0.4) is 0 Å². The molecule has 0 bridgehead atoms. The minimum absolute atomic E-state index is 0.278. The number of benzene rings is 1. The molecule has 0 saturated carbocycles. The zero-order valence-electron chi connectivity index (χ0n) is 10.9. The van der Waals surface area contributed by atoms with Crippen molar-refractivity contribution in [3.05, 3.63) is 51.2 Å². The molecule has 2 aromatic rings. The van der Waals surface area contributed by atoms with Crippen LogP contribution in [-0.2, 0) is 6.54 Å². The fraction of sp³-hybridized carbons (Fsp3) is 0.214. The summed E-state index contributed by atoms with van der Waals surface area (Å²) in [6, 6.07) is 10.5. The highest BCUT2D eigenvalue weighted by atomic mass is 35.5. The van der Waals surface area contributed by atoms with Gasteiger partial charge in [-0.15, -0.1) is 11.3 Å². The largest absolute Gasteiger partial charge is 0.389 e. The van der Waals surface area contributed by atoms with E-state index in [0.717, 1.165) is 10.4 Å². The number of nitrogens with one attached hydrogen (secondary N) is 2. The van der Waals surface area contributed by atoms with Crippen molar-refractivity contribution in [3.8, 4) is 0 Å². The minimum atomic E-state index is -0.513. The average molecular weight is 311 g/mol. The zero-order valence-corrected chi connectivity index (χ0v) is 12.5. The molecule has 1 aromatic heterocycles. The number of hydrogen-bond donors (Lipinski definition) is 3. The summed E-state index contributed by atoms with van der Waals surface area (Å²) in [5, 5.41) is 14.9. The molecule has 1 atom stereocenters. The van der Waals surface area contributed by atoms with E-state index in [1.165, 1.54) is 11.3 Å². The lowest BCUT2D eigenvalue weighted by Crippen LogP contribution is -2.27. The Kier molecular flexibility index (Phi) is 5.00. The molecule has 4 nitrogen and oxygen atoms in total. The van der Waals surface area contributed by atoms with E-state index in [1.807, 2.05) is 6.07 Å². The van der Waals surface area contributed by atoms with Crippen molar-refractivity contribution >= 4 is 34.7 Å². The molecule has 0 aliphatic heterocycles. The molecule has 0 aliphatic carbocycles. The fourth-order valence-corrected chi connectivity index (χ4v) is 2.66. The Morgan fingerprint density at radius 1 is 1.30 bits per heavy atom. The van der Waals surface area contributed by atoms with Crippen LogP contribution in [0.4, 0.5) is 10.5 Å². The number of urea groups is 1. The van der Waals surface area contributed by atoms with Crippen LogP contribution < -0.4 is 10.6 Å². The molecule has 0 aliphatic rings. The first-order valence-electron chi connectivity index (χ1n) is 6.11. The second kappa shape index (κ2) is 6.74. The molecule has 1 heterocycles. The second-order valence-electron chi connectivity index (χ2n) is 4.31. The van der Waals surface area contributed by atoms with Crippen molar-refractivity contribution in [2.75, 3.05) is 5.32 Å². The second-order valence-corrected chi connectivity index (χ2v) is 6.11. The van der Waals surface area contributed by atoms with Gasteiger partial charge in [0.05, 0.1) is 17.0 Å². The molecule has 0 spiro atoms. The summed E-state index contributed by atoms with van der Waals surface area (Å²) in [5.41, 5.74) is 1.49. The van der Waals surface area contributed by atoms with Gasteiger partial charge in [0.25, 0.3) is 0 Å². The highest BCUT2D eigenvalue weighted by Crippen LogP contribution is 2.21. The number of halogens is 1. The molecule has 1 aromatic carbocycles. The van der Waals surface area contributed by atoms with Gasteiger partial charge in [0, 0.05) is 10.6 Å². The van der Waals surface area contributed by atoms with E-state index in [9.17, 15) is 9.90 Å². The number of rotatable bonds is 4. The van der Waals surface area contributed by atoms with E-state index >= 15 is 0 Å². The summed E-state index contributed by atoms with van der Waals surface area (Å²) in [6.07, 6.45) is -0.513. The van der Waals surface area contributed by atoms with Gasteiger partial charge in [0.1, 0.15) is 0 Å². The molecular weight excluding hydrogens is 296 g/mol. The summed E-state index contributed by atoms with van der Waals surface area (Å²) in [6.45, 7) is 2.14. The smallest absolute Gasteiger partial charge is 0.319 e. The lowest BCUT2D eigenvalue weighted by molar-refractivity contribution is 0.199. The van der Waals surface area contributed by atoms with Crippen molar-refractivity contribution in [3.63, 3.8) is 0 Å². The SMILES string of the molecule is CC(O)c1ccc(NC(=O)NCc2ccc(Cl)s2)cc1. The quantitative estimate of drug-likeness (QED) is 0.805. The van der Waals surface area contributed by atoms with Gasteiger partial charge in [0.2, 0.25) is 0 Å². The van der Waals surface area contributed by atoms with Crippen LogP contribution in [0.2, 0.25) is 4.34 Å². The third-order valence-electron chi connectivity index (χ3n) is 2.70. The van der Waals surface area contributed by atoms with Gasteiger partial charge in [-0.2, -0.15) is 0 Å². The zero-order chi connectivity index (χ0) is 14.5. The predicted octanol–water partition coefficient (Wildman–Crippen LogP) is 3.78. The van der Waals surface area contributed by atoms with Crippen molar-refractivity contribution in [2.24, 2.45) is 0 Å². The highest BCUT2D eigenvalue weighted by molar-refractivity contribution is 7.16. The summed E-state index contributed by atoms with van der Waals surface area (Å²) in [7, 11) is 0. The lowest BCUT2D eigenvalue weighted by atomic mass is 10.1. The number of amides is 2. The number of carbonyl (C=O) groups excluding carboxylic acids is 1. The first-order chi connectivity index (χ1) is 9.54. The van der Waals surface area contributed by atoms with E-state index in [4.69, 9.17) is 11.6 Å². The number of thiophene rings is 1. The highest BCUT2D eigenvalue weighted by Gasteiger charge is 2.04. The predicted molar refractivity (Wildman–Crippen MR) is 82.3 cm³/mol. The van der Waals surface area contributed by atoms with Crippen LogP contribution in [-0.4, -0.2) is 11.1 Å². The number of anilines is 1. The van der Waals surface area contributed by atoms with Gasteiger partial charge >= 0.3 is 6.03 Å². The van der Waals surface area contributed by atoms with Crippen LogP contribution >= 0.6 is 22.9 Å². The number of hydrogen-bond acceptors (Lipinski definition) is 3. The molecular formula is C14H15ClN2O2S. The van der Waals surface area contributed by atoms with Crippen LogP contribution in [0.5, 0.6) is 0 Å². The summed E-state index contributed by atoms with van der Waals surface area (Å²) < 4.78 is 0.705. The molecule has 1 unspecified atom stereocenters. The van der Waals surface area contributed by atoms with Gasteiger partial charge in [-0.05, 0) is 36.8 Å². The Morgan fingerprint density at radius 2 is 2.00 bits per heavy atom. The van der Waals surface area contributed by atoms with E-state index in [1.54, 1.807) is 37.3 Å². The van der Waals surface area contributed by atoms with Crippen LogP contribution in [0.15, 0.2) is 36.4 Å². The molecule has 106 valence electrons. The van der Waals surface area contributed by atoms with E-state index in [2.05, 4.69) is 10.6 Å². The van der Waals surface area contributed by atoms with Gasteiger partial charge in [0.15, 0.2) is 0 Å². The number of aliphatic hydroxyl groups is 1. The van der Waals surface area contributed by atoms with Crippen LogP contribution in [0, 0.1) is 0 Å². The van der Waals surface area contributed by atoms with Crippen LogP contribution in [0.25, 0.3) is 0 Å². The van der Waals surface area contributed by atoms with Crippen molar-refractivity contribution in [1.82, 2.24) is 5.32 Å². The van der Waals surface area contributed by atoms with Gasteiger partial charge in [-0.1, -0.05) is 23.7 Å². The van der Waals surface area contributed by atoms with E-state index in [0.29, 0.717) is 16.6 Å². The normalized spacial score (nSPS) is 11.9. The minimum Gasteiger partial charge on any atom is -0.389 e. The van der Waals surface area contributed by atoms with Gasteiger partial charge in [-0.3, -0.25) is 0 Å². The van der Waals surface area contributed by atoms with Crippen molar-refractivity contribution in [2.45, 2.75) is 19.6 Å². The Balaban J connectivity index is 1.84. The Bertz CT molecular complexity index is 581. The molecule has 0 fully saturated rings. The maximum atomic E-state index is 11.7. The first kappa shape index (κ1) is 14.8. The molecule has 6 heteroatoms. The molecule has 3 N–H and O–H groups in total. The van der Waals surface area contributed by atoms with E-state index in [-0.39, 0.29) is 6.03 Å². The Hall–Kier alpha value is -1.56. The molecule has 0 radical (unpaired) electrons. The third-order valence-corrected chi connectivity index (χ3v) is 3.93. The Labute approximate surface area is 126 Å². The topological polar surface area (TPSA) is 61.4 Å². The van der Waals surface area contributed by atoms with E-state index < -0.39 is 6.10 Å². The monoisotopic (exact) mass is 310 g/mol. The van der Waals surface area contributed by atoms with Crippen LogP contribution in [0.1, 0.15) is 23.5 Å². The van der Waals surface area contributed by atoms with Crippen molar-refractivity contribution < 1.29 is 9.90 Å². The lowest BCUT2D eigenvalue weighted by Gasteiger charge is -2.08. The van der Waals surface area contributed by atoms with Gasteiger partial charge < -0.3 is 15.7 Å². The molecule has 2 rings (SSSR count). The first-order valence-corrected chi connectivity index (χ1v) is 7.31. The fourth-order valence-electron chi connectivity index (χ4n) is 1.63. The molecule has 2 amide bonds. The van der Waals surface area contributed by atoms with Gasteiger partial charge in [-0.25, -0.2) is 4.79 Å². The number of carbonyl (C=O) groups is 1.